The third-order valence-electron chi connectivity index (χ3n) is 2.69. The summed E-state index contributed by atoms with van der Waals surface area (Å²) in [6.07, 6.45) is 1.63. The van der Waals surface area contributed by atoms with Crippen molar-refractivity contribution in [3.05, 3.63) is 51.9 Å². The molecule has 0 fully saturated rings. The van der Waals surface area contributed by atoms with Crippen LogP contribution in [0.3, 0.4) is 0 Å². The van der Waals surface area contributed by atoms with E-state index in [-0.39, 0.29) is 10.0 Å². The molecule has 0 atom stereocenters. The summed E-state index contributed by atoms with van der Waals surface area (Å²) < 4.78 is 19.2. The highest BCUT2D eigenvalue weighted by molar-refractivity contribution is 9.10. The number of rotatable bonds is 4. The van der Waals surface area contributed by atoms with Crippen LogP contribution in [0.1, 0.15) is 11.1 Å². The van der Waals surface area contributed by atoms with Gasteiger partial charge >= 0.3 is 0 Å². The van der Waals surface area contributed by atoms with E-state index in [2.05, 4.69) is 26.2 Å². The van der Waals surface area contributed by atoms with Crippen molar-refractivity contribution < 1.29 is 9.13 Å². The molecule has 0 aliphatic carbocycles. The van der Waals surface area contributed by atoms with E-state index in [1.54, 1.807) is 18.3 Å². The van der Waals surface area contributed by atoms with E-state index in [1.165, 1.54) is 13.2 Å². The Kier molecular flexibility index (Phi) is 4.53. The van der Waals surface area contributed by atoms with Crippen molar-refractivity contribution in [1.82, 2.24) is 4.98 Å². The molecule has 2 aromatic rings. The van der Waals surface area contributed by atoms with Gasteiger partial charge in [0.15, 0.2) is 5.82 Å². The van der Waals surface area contributed by atoms with Crippen molar-refractivity contribution in [1.29, 1.82) is 5.26 Å². The molecule has 2 rings (SSSR count). The first-order chi connectivity index (χ1) is 9.65. The number of hydrogen-bond acceptors (Lipinski definition) is 4. The lowest BCUT2D eigenvalue weighted by molar-refractivity contribution is 0.397. The van der Waals surface area contributed by atoms with Crippen molar-refractivity contribution in [2.75, 3.05) is 12.4 Å². The summed E-state index contributed by atoms with van der Waals surface area (Å²) in [6.45, 7) is 0.425. The lowest BCUT2D eigenvalue weighted by atomic mass is 10.2. The third-order valence-corrected chi connectivity index (χ3v) is 3.47. The summed E-state index contributed by atoms with van der Waals surface area (Å²) in [6, 6.07) is 8.59. The van der Waals surface area contributed by atoms with Gasteiger partial charge in [-0.25, -0.2) is 9.37 Å². The molecule has 0 unspecified atom stereocenters. The minimum absolute atomic E-state index is 0.164. The highest BCUT2D eigenvalue weighted by atomic mass is 79.9. The summed E-state index contributed by atoms with van der Waals surface area (Å²) in [7, 11) is 1.54. The number of benzene rings is 1. The van der Waals surface area contributed by atoms with E-state index in [4.69, 9.17) is 10.00 Å². The van der Waals surface area contributed by atoms with E-state index in [1.807, 2.05) is 12.1 Å². The van der Waals surface area contributed by atoms with Crippen molar-refractivity contribution >= 4 is 21.6 Å². The summed E-state index contributed by atoms with van der Waals surface area (Å²) in [5.41, 5.74) is 1.50. The van der Waals surface area contributed by atoms with Gasteiger partial charge in [0.25, 0.3) is 0 Å². The molecule has 0 aliphatic rings. The number of nitriles is 1. The zero-order valence-electron chi connectivity index (χ0n) is 10.7. The zero-order valence-corrected chi connectivity index (χ0v) is 12.2. The second-order valence-corrected chi connectivity index (χ2v) is 4.75. The number of nitrogens with one attached hydrogen (secondary N) is 1. The Morgan fingerprint density at radius 2 is 2.25 bits per heavy atom. The molecule has 0 saturated heterocycles. The minimum atomic E-state index is -0.481. The highest BCUT2D eigenvalue weighted by Crippen LogP contribution is 2.27. The molecule has 1 aromatic heterocycles. The Bertz CT molecular complexity index is 670. The summed E-state index contributed by atoms with van der Waals surface area (Å²) >= 11 is 3.07. The maximum absolute atomic E-state index is 14.0. The topological polar surface area (TPSA) is 57.9 Å². The number of hydrogen-bond donors (Lipinski definition) is 1. The molecule has 20 heavy (non-hydrogen) atoms. The van der Waals surface area contributed by atoms with Gasteiger partial charge in [-0.2, -0.15) is 5.26 Å². The molecule has 4 nitrogen and oxygen atoms in total. The average molecular weight is 336 g/mol. The summed E-state index contributed by atoms with van der Waals surface area (Å²) in [5.74, 6) is 0.0239. The highest BCUT2D eigenvalue weighted by Gasteiger charge is 2.10. The first-order valence-electron chi connectivity index (χ1n) is 5.76. The molecule has 0 aliphatic heterocycles. The Hall–Kier alpha value is -2.13. The SMILES string of the molecule is COc1cc(CNc2ccc(C#N)c(Br)c2F)ccn1. The standard InChI is InChI=1S/C14H11BrFN3O/c1-20-12-6-9(4-5-18-12)8-19-11-3-2-10(7-17)13(15)14(11)16/h2-6,19H,8H2,1H3. The van der Waals surface area contributed by atoms with Crippen LogP contribution in [-0.2, 0) is 6.54 Å². The average Bonchev–Trinajstić information content (AvgIpc) is 2.49. The van der Waals surface area contributed by atoms with Crippen LogP contribution >= 0.6 is 15.9 Å². The van der Waals surface area contributed by atoms with Crippen LogP contribution in [0.5, 0.6) is 5.88 Å². The predicted octanol–water partition coefficient (Wildman–Crippen LogP) is 3.48. The van der Waals surface area contributed by atoms with Gasteiger partial charge in [-0.15, -0.1) is 0 Å². The van der Waals surface area contributed by atoms with Gasteiger partial charge in [-0.1, -0.05) is 0 Å². The van der Waals surface area contributed by atoms with Crippen LogP contribution in [0, 0.1) is 17.1 Å². The molecule has 1 heterocycles. The molecule has 102 valence electrons. The number of aromatic nitrogens is 1. The van der Waals surface area contributed by atoms with Crippen molar-refractivity contribution in [2.24, 2.45) is 0 Å². The van der Waals surface area contributed by atoms with Gasteiger partial charge in [-0.3, -0.25) is 0 Å². The first kappa shape index (κ1) is 14.3. The molecule has 1 aromatic carbocycles. The van der Waals surface area contributed by atoms with Crippen LogP contribution in [0.4, 0.5) is 10.1 Å². The van der Waals surface area contributed by atoms with Crippen molar-refractivity contribution in [3.8, 4) is 11.9 Å². The second-order valence-electron chi connectivity index (χ2n) is 3.96. The summed E-state index contributed by atoms with van der Waals surface area (Å²) in [4.78, 5) is 4.00. The van der Waals surface area contributed by atoms with Crippen LogP contribution < -0.4 is 10.1 Å². The van der Waals surface area contributed by atoms with Gasteiger partial charge in [0.05, 0.1) is 22.8 Å². The lowest BCUT2D eigenvalue weighted by Gasteiger charge is -2.10. The van der Waals surface area contributed by atoms with Gasteiger partial charge < -0.3 is 10.1 Å². The number of ether oxygens (including phenoxy) is 1. The maximum atomic E-state index is 14.0. The van der Waals surface area contributed by atoms with Crippen LogP contribution in [0.25, 0.3) is 0 Å². The van der Waals surface area contributed by atoms with Gasteiger partial charge in [0.1, 0.15) is 6.07 Å². The number of anilines is 1. The van der Waals surface area contributed by atoms with Crippen molar-refractivity contribution in [2.45, 2.75) is 6.54 Å². The quantitative estimate of drug-likeness (QED) is 0.929. The van der Waals surface area contributed by atoms with E-state index in [0.29, 0.717) is 18.1 Å². The van der Waals surface area contributed by atoms with E-state index in [0.717, 1.165) is 5.56 Å². The molecule has 1 N–H and O–H groups in total. The fraction of sp³-hybridized carbons (Fsp3) is 0.143. The summed E-state index contributed by atoms with van der Waals surface area (Å²) in [5, 5.41) is 11.8. The molecule has 0 amide bonds. The second kappa shape index (κ2) is 6.35. The number of pyridine rings is 1. The molecule has 0 radical (unpaired) electrons. The predicted molar refractivity (Wildman–Crippen MR) is 76.9 cm³/mol. The van der Waals surface area contributed by atoms with Gasteiger partial charge in [0.2, 0.25) is 5.88 Å². The zero-order chi connectivity index (χ0) is 14.5. The lowest BCUT2D eigenvalue weighted by Crippen LogP contribution is -2.03. The third kappa shape index (κ3) is 3.06. The van der Waals surface area contributed by atoms with Crippen LogP contribution in [0.15, 0.2) is 34.9 Å². The molecule has 0 saturated carbocycles. The fourth-order valence-electron chi connectivity index (χ4n) is 1.64. The van der Waals surface area contributed by atoms with E-state index < -0.39 is 5.82 Å². The Labute approximate surface area is 124 Å². The maximum Gasteiger partial charge on any atom is 0.213 e. The molecular formula is C14H11BrFN3O. The smallest absolute Gasteiger partial charge is 0.213 e. The number of halogens is 2. The largest absolute Gasteiger partial charge is 0.481 e. The van der Waals surface area contributed by atoms with E-state index in [9.17, 15) is 4.39 Å². The Morgan fingerprint density at radius 3 is 2.95 bits per heavy atom. The fourth-order valence-corrected chi connectivity index (χ4v) is 2.08. The van der Waals surface area contributed by atoms with E-state index >= 15 is 0 Å². The Morgan fingerprint density at radius 1 is 1.45 bits per heavy atom. The molecule has 0 bridgehead atoms. The van der Waals surface area contributed by atoms with Crippen molar-refractivity contribution in [3.63, 3.8) is 0 Å². The normalized spacial score (nSPS) is 9.90. The Balaban J connectivity index is 2.15. The van der Waals surface area contributed by atoms with Gasteiger partial charge in [-0.05, 0) is 39.7 Å². The molecule has 0 spiro atoms. The molecular weight excluding hydrogens is 325 g/mol. The number of methoxy groups -OCH3 is 1. The minimum Gasteiger partial charge on any atom is -0.481 e. The van der Waals surface area contributed by atoms with Crippen LogP contribution in [-0.4, -0.2) is 12.1 Å². The van der Waals surface area contributed by atoms with Gasteiger partial charge in [0, 0.05) is 18.8 Å². The number of nitrogens with zero attached hydrogens (tertiary/aromatic N) is 2. The monoisotopic (exact) mass is 335 g/mol. The molecule has 6 heteroatoms. The first-order valence-corrected chi connectivity index (χ1v) is 6.56. The van der Waals surface area contributed by atoms with Crippen LogP contribution in [0.2, 0.25) is 0 Å².